The van der Waals surface area contributed by atoms with Gasteiger partial charge in [0.1, 0.15) is 5.69 Å². The van der Waals surface area contributed by atoms with Crippen LogP contribution >= 0.6 is 0 Å². The Hall–Kier alpha value is -1.53. The van der Waals surface area contributed by atoms with Crippen LogP contribution in [-0.4, -0.2) is 15.7 Å². The van der Waals surface area contributed by atoms with E-state index in [1.165, 1.54) is 0 Å². The minimum Gasteiger partial charge on any atom is -0.365 e. The molecule has 1 heterocycles. The largest absolute Gasteiger partial charge is 0.365 e. The molecule has 1 amide bonds. The summed E-state index contributed by atoms with van der Waals surface area (Å²) in [5.41, 5.74) is 3.54. The first kappa shape index (κ1) is 9.56. The molecule has 0 spiro atoms. The zero-order valence-corrected chi connectivity index (χ0v) is 6.38. The van der Waals surface area contributed by atoms with Crippen LogP contribution in [0.25, 0.3) is 0 Å². The van der Waals surface area contributed by atoms with E-state index in [1.807, 2.05) is 0 Å². The minimum absolute atomic E-state index is 0.394. The van der Waals surface area contributed by atoms with E-state index >= 15 is 0 Å². The molecular weight excluding hydrogens is 187 g/mol. The molecule has 7 heteroatoms. The van der Waals surface area contributed by atoms with Crippen molar-refractivity contribution in [2.45, 2.75) is 13.2 Å². The maximum Gasteiger partial charge on any atom is 0.280 e. The Morgan fingerprint density at radius 1 is 1.69 bits per heavy atom. The van der Waals surface area contributed by atoms with E-state index in [9.17, 15) is 18.0 Å². The summed E-state index contributed by atoms with van der Waals surface area (Å²) >= 11 is 0. The van der Waals surface area contributed by atoms with Crippen molar-refractivity contribution in [3.63, 3.8) is 0 Å². The Morgan fingerprint density at radius 3 is 2.69 bits per heavy atom. The van der Waals surface area contributed by atoms with Crippen LogP contribution in [0.15, 0.2) is 6.20 Å². The number of halogens is 3. The Bertz CT molecular complexity index is 323. The number of hydrogen-bond donors (Lipinski definition) is 1. The van der Waals surface area contributed by atoms with Crippen molar-refractivity contribution < 1.29 is 18.0 Å². The van der Waals surface area contributed by atoms with E-state index in [2.05, 4.69) is 5.10 Å². The number of carbonyl (C=O) groups is 1. The number of nitrogens with two attached hydrogens (primary N) is 1. The van der Waals surface area contributed by atoms with E-state index < -0.39 is 30.4 Å². The van der Waals surface area contributed by atoms with Crippen LogP contribution in [0.5, 0.6) is 0 Å². The number of aromatic nitrogens is 2. The van der Waals surface area contributed by atoms with Crippen molar-refractivity contribution in [3.8, 4) is 0 Å². The van der Waals surface area contributed by atoms with Gasteiger partial charge in [-0.2, -0.15) is 5.10 Å². The van der Waals surface area contributed by atoms with Crippen molar-refractivity contribution in [1.29, 1.82) is 0 Å². The number of nitrogens with zero attached hydrogens (tertiary/aromatic N) is 2. The lowest BCUT2D eigenvalue weighted by Crippen LogP contribution is -2.14. The average Bonchev–Trinajstić information content (AvgIpc) is 2.46. The van der Waals surface area contributed by atoms with Gasteiger partial charge in [-0.05, 0) is 0 Å². The minimum atomic E-state index is -2.97. The number of primary amides is 1. The summed E-state index contributed by atoms with van der Waals surface area (Å²) in [5.74, 6) is -1.05. The fraction of sp³-hybridized carbons (Fsp3) is 0.333. The second-order valence-electron chi connectivity index (χ2n) is 2.23. The van der Waals surface area contributed by atoms with Gasteiger partial charge in [-0.15, -0.1) is 0 Å². The summed E-state index contributed by atoms with van der Waals surface area (Å²) in [7, 11) is 0. The van der Waals surface area contributed by atoms with Crippen molar-refractivity contribution >= 4 is 5.91 Å². The summed E-state index contributed by atoms with van der Waals surface area (Å²) in [6.45, 7) is -1.22. The molecule has 13 heavy (non-hydrogen) atoms. The van der Waals surface area contributed by atoms with Gasteiger partial charge >= 0.3 is 0 Å². The molecule has 0 saturated carbocycles. The predicted octanol–water partition coefficient (Wildman–Crippen LogP) is 0.847. The quantitative estimate of drug-likeness (QED) is 0.773. The molecule has 2 N–H and O–H groups in total. The highest BCUT2D eigenvalue weighted by Gasteiger charge is 2.22. The van der Waals surface area contributed by atoms with Crippen molar-refractivity contribution in [2.75, 3.05) is 0 Å². The molecule has 0 unspecified atom stereocenters. The molecule has 1 rings (SSSR count). The molecule has 0 aliphatic heterocycles. The maximum atomic E-state index is 12.2. The van der Waals surface area contributed by atoms with E-state index in [1.54, 1.807) is 0 Å². The van der Waals surface area contributed by atoms with Crippen LogP contribution in [0, 0.1) is 0 Å². The molecule has 0 bridgehead atoms. The van der Waals surface area contributed by atoms with Gasteiger partial charge in [0.05, 0.1) is 11.8 Å². The summed E-state index contributed by atoms with van der Waals surface area (Å²) < 4.78 is 36.9. The molecule has 0 saturated heterocycles. The lowest BCUT2D eigenvalue weighted by molar-refractivity contribution is 0.0978. The molecule has 0 aromatic carbocycles. The fourth-order valence-electron chi connectivity index (χ4n) is 0.910. The third-order valence-electron chi connectivity index (χ3n) is 1.47. The average molecular weight is 193 g/mol. The number of amides is 1. The topological polar surface area (TPSA) is 60.9 Å². The van der Waals surface area contributed by atoms with Crippen molar-refractivity contribution in [3.05, 3.63) is 17.5 Å². The van der Waals surface area contributed by atoms with Crippen LogP contribution < -0.4 is 5.73 Å². The molecular formula is C6H6F3N3O. The van der Waals surface area contributed by atoms with Crippen LogP contribution in [0.2, 0.25) is 0 Å². The standard InChI is InChI=1S/C6H6F3N3O/c7-2-12-4(5(8)9)3(1-11-12)6(10)13/h1,5H,2H2,(H2,10,13). The van der Waals surface area contributed by atoms with Gasteiger partial charge in [0, 0.05) is 0 Å². The first-order valence-electron chi connectivity index (χ1n) is 3.27. The Labute approximate surface area is 71.1 Å². The zero-order chi connectivity index (χ0) is 10.0. The summed E-state index contributed by atoms with van der Waals surface area (Å²) in [6.07, 6.45) is -2.15. The monoisotopic (exact) mass is 193 g/mol. The summed E-state index contributed by atoms with van der Waals surface area (Å²) in [6, 6.07) is 0. The number of carbonyl (C=O) groups excluding carboxylic acids is 1. The predicted molar refractivity (Wildman–Crippen MR) is 36.8 cm³/mol. The van der Waals surface area contributed by atoms with Crippen molar-refractivity contribution in [2.24, 2.45) is 5.73 Å². The molecule has 0 aliphatic rings. The summed E-state index contributed by atoms with van der Waals surface area (Å²) in [4.78, 5) is 10.6. The molecule has 72 valence electrons. The van der Waals surface area contributed by atoms with Crippen LogP contribution in [0.3, 0.4) is 0 Å². The van der Waals surface area contributed by atoms with Gasteiger partial charge in [-0.1, -0.05) is 0 Å². The summed E-state index contributed by atoms with van der Waals surface area (Å²) in [5, 5.41) is 3.24. The highest BCUT2D eigenvalue weighted by Crippen LogP contribution is 2.22. The third kappa shape index (κ3) is 1.63. The van der Waals surface area contributed by atoms with Crippen LogP contribution in [0.4, 0.5) is 13.2 Å². The van der Waals surface area contributed by atoms with Gasteiger partial charge in [0.15, 0.2) is 6.80 Å². The van der Waals surface area contributed by atoms with E-state index in [0.29, 0.717) is 4.68 Å². The normalized spacial score (nSPS) is 10.8. The Balaban J connectivity index is 3.22. The zero-order valence-electron chi connectivity index (χ0n) is 6.38. The second-order valence-corrected chi connectivity index (χ2v) is 2.23. The van der Waals surface area contributed by atoms with E-state index in [0.717, 1.165) is 6.20 Å². The van der Waals surface area contributed by atoms with E-state index in [4.69, 9.17) is 5.73 Å². The first-order valence-corrected chi connectivity index (χ1v) is 3.27. The SMILES string of the molecule is NC(=O)c1cnn(CF)c1C(F)F. The molecule has 0 atom stereocenters. The number of alkyl halides is 3. The Morgan fingerprint density at radius 2 is 2.31 bits per heavy atom. The molecule has 0 aliphatic carbocycles. The molecule has 1 aromatic heterocycles. The van der Waals surface area contributed by atoms with Crippen LogP contribution in [-0.2, 0) is 6.80 Å². The lowest BCUT2D eigenvalue weighted by atomic mass is 10.2. The molecule has 4 nitrogen and oxygen atoms in total. The molecule has 0 fully saturated rings. The maximum absolute atomic E-state index is 12.2. The van der Waals surface area contributed by atoms with Gasteiger partial charge in [-0.3, -0.25) is 4.79 Å². The third-order valence-corrected chi connectivity index (χ3v) is 1.47. The second kappa shape index (κ2) is 3.46. The fourth-order valence-corrected chi connectivity index (χ4v) is 0.910. The Kier molecular flexibility index (Phi) is 2.54. The molecule has 1 aromatic rings. The number of rotatable bonds is 3. The molecule has 0 radical (unpaired) electrons. The van der Waals surface area contributed by atoms with Gasteiger partial charge in [0.25, 0.3) is 12.3 Å². The van der Waals surface area contributed by atoms with Crippen molar-refractivity contribution in [1.82, 2.24) is 9.78 Å². The van der Waals surface area contributed by atoms with Gasteiger partial charge in [0.2, 0.25) is 0 Å². The lowest BCUT2D eigenvalue weighted by Gasteiger charge is -2.02. The van der Waals surface area contributed by atoms with E-state index in [-0.39, 0.29) is 0 Å². The highest BCUT2D eigenvalue weighted by molar-refractivity contribution is 5.93. The smallest absolute Gasteiger partial charge is 0.280 e. The van der Waals surface area contributed by atoms with Gasteiger partial charge < -0.3 is 5.73 Å². The van der Waals surface area contributed by atoms with Gasteiger partial charge in [-0.25, -0.2) is 17.9 Å². The van der Waals surface area contributed by atoms with Crippen LogP contribution in [0.1, 0.15) is 22.5 Å². The highest BCUT2D eigenvalue weighted by atomic mass is 19.3. The number of hydrogen-bond acceptors (Lipinski definition) is 2. The first-order chi connectivity index (χ1) is 6.07.